The quantitative estimate of drug-likeness (QED) is 0.750. The molecule has 3 nitrogen and oxygen atoms in total. The topological polar surface area (TPSA) is 29.9 Å². The highest BCUT2D eigenvalue weighted by molar-refractivity contribution is 5.36. The van der Waals surface area contributed by atoms with Gasteiger partial charge in [-0.15, -0.1) is 0 Å². The van der Waals surface area contributed by atoms with E-state index in [-0.39, 0.29) is 11.9 Å². The smallest absolute Gasteiger partial charge is 0.125 e. The van der Waals surface area contributed by atoms with Crippen LogP contribution < -0.4 is 5.32 Å². The van der Waals surface area contributed by atoms with Gasteiger partial charge in [0.25, 0.3) is 0 Å². The highest BCUT2D eigenvalue weighted by atomic mass is 19.1. The van der Waals surface area contributed by atoms with Crippen molar-refractivity contribution in [2.24, 2.45) is 0 Å². The van der Waals surface area contributed by atoms with Gasteiger partial charge in [0, 0.05) is 23.8 Å². The Kier molecular flexibility index (Phi) is 4.76. The van der Waals surface area contributed by atoms with E-state index in [9.17, 15) is 4.39 Å². The highest BCUT2D eigenvalue weighted by Gasteiger charge is 2.14. The predicted molar refractivity (Wildman–Crippen MR) is 94.7 cm³/mol. The fraction of sp³-hybridized carbons (Fsp3) is 0.250. The molecule has 124 valence electrons. The fourth-order valence-corrected chi connectivity index (χ4v) is 2.92. The fourth-order valence-electron chi connectivity index (χ4n) is 2.92. The maximum absolute atomic E-state index is 13.4. The Morgan fingerprint density at radius 2 is 1.92 bits per heavy atom. The summed E-state index contributed by atoms with van der Waals surface area (Å²) < 4.78 is 15.2. The molecule has 1 heterocycles. The van der Waals surface area contributed by atoms with E-state index in [1.54, 1.807) is 10.7 Å². The van der Waals surface area contributed by atoms with Crippen LogP contribution in [-0.2, 0) is 6.54 Å². The van der Waals surface area contributed by atoms with Crippen molar-refractivity contribution in [3.8, 4) is 5.69 Å². The molecule has 1 N–H and O–H groups in total. The minimum absolute atomic E-state index is 0.160. The molecule has 24 heavy (non-hydrogen) atoms. The normalized spacial score (nSPS) is 12.3. The molecule has 3 aromatic rings. The monoisotopic (exact) mass is 323 g/mol. The third-order valence-corrected chi connectivity index (χ3v) is 4.26. The number of hydrogen-bond acceptors (Lipinski definition) is 2. The maximum atomic E-state index is 13.4. The number of nitrogens with one attached hydrogen (secondary N) is 1. The Balaban J connectivity index is 1.75. The summed E-state index contributed by atoms with van der Waals surface area (Å²) in [6.45, 7) is 7.03. The minimum Gasteiger partial charge on any atom is -0.306 e. The summed E-state index contributed by atoms with van der Waals surface area (Å²) in [6, 6.07) is 15.1. The minimum atomic E-state index is -0.255. The largest absolute Gasteiger partial charge is 0.306 e. The number of aromatic nitrogens is 2. The van der Waals surface area contributed by atoms with Gasteiger partial charge in [-0.2, -0.15) is 5.10 Å². The lowest BCUT2D eigenvalue weighted by Gasteiger charge is -2.14. The molecule has 0 bridgehead atoms. The van der Waals surface area contributed by atoms with Crippen molar-refractivity contribution in [1.82, 2.24) is 15.1 Å². The first-order valence-corrected chi connectivity index (χ1v) is 8.14. The molecule has 0 saturated carbocycles. The van der Waals surface area contributed by atoms with Gasteiger partial charge in [-0.25, -0.2) is 9.07 Å². The second kappa shape index (κ2) is 6.97. The van der Waals surface area contributed by atoms with Crippen molar-refractivity contribution in [1.29, 1.82) is 0 Å². The highest BCUT2D eigenvalue weighted by Crippen LogP contribution is 2.21. The summed E-state index contributed by atoms with van der Waals surface area (Å²) in [7, 11) is 0. The molecule has 0 aliphatic rings. The zero-order chi connectivity index (χ0) is 17.1. The van der Waals surface area contributed by atoms with Crippen LogP contribution in [0.3, 0.4) is 0 Å². The number of halogens is 1. The lowest BCUT2D eigenvalue weighted by atomic mass is 10.1. The van der Waals surface area contributed by atoms with Gasteiger partial charge in [-0.3, -0.25) is 0 Å². The average molecular weight is 323 g/mol. The van der Waals surface area contributed by atoms with E-state index in [2.05, 4.69) is 48.5 Å². The van der Waals surface area contributed by atoms with E-state index < -0.39 is 0 Å². The van der Waals surface area contributed by atoms with Gasteiger partial charge in [0.1, 0.15) is 5.82 Å². The molecule has 1 unspecified atom stereocenters. The van der Waals surface area contributed by atoms with E-state index in [1.807, 2.05) is 19.2 Å². The van der Waals surface area contributed by atoms with E-state index in [0.717, 1.165) is 23.5 Å². The number of benzene rings is 2. The Labute approximate surface area is 142 Å². The summed E-state index contributed by atoms with van der Waals surface area (Å²) in [5.41, 5.74) is 5.40. The molecular formula is C20H22FN3. The van der Waals surface area contributed by atoms with Gasteiger partial charge in [0.15, 0.2) is 0 Å². The van der Waals surface area contributed by atoms with E-state index in [1.165, 1.54) is 23.3 Å². The zero-order valence-corrected chi connectivity index (χ0v) is 14.3. The van der Waals surface area contributed by atoms with Gasteiger partial charge in [0.2, 0.25) is 0 Å². The molecule has 4 heteroatoms. The van der Waals surface area contributed by atoms with Crippen LogP contribution in [0.4, 0.5) is 4.39 Å². The Bertz CT molecular complexity index is 838. The Hall–Kier alpha value is -2.46. The molecule has 2 aromatic carbocycles. The zero-order valence-electron chi connectivity index (χ0n) is 14.3. The molecule has 0 radical (unpaired) electrons. The standard InChI is InChI=1S/C20H22FN3/c1-14-6-4-7-17(10-14)12-22-15(2)20-13-23-24(16(20)3)19-9-5-8-18(21)11-19/h4-11,13,15,22H,12H2,1-3H3. The molecule has 0 saturated heterocycles. The number of hydrogen-bond donors (Lipinski definition) is 1. The lowest BCUT2D eigenvalue weighted by molar-refractivity contribution is 0.571. The number of nitrogens with zero attached hydrogens (tertiary/aromatic N) is 2. The van der Waals surface area contributed by atoms with Crippen molar-refractivity contribution in [2.75, 3.05) is 0 Å². The van der Waals surface area contributed by atoms with Gasteiger partial charge >= 0.3 is 0 Å². The summed E-state index contributed by atoms with van der Waals surface area (Å²) in [5.74, 6) is -0.255. The van der Waals surface area contributed by atoms with Crippen molar-refractivity contribution >= 4 is 0 Å². The molecular weight excluding hydrogens is 301 g/mol. The first kappa shape index (κ1) is 16.4. The third kappa shape index (κ3) is 3.54. The summed E-state index contributed by atoms with van der Waals surface area (Å²) >= 11 is 0. The summed E-state index contributed by atoms with van der Waals surface area (Å²) in [6.07, 6.45) is 1.86. The van der Waals surface area contributed by atoms with E-state index in [4.69, 9.17) is 0 Å². The average Bonchev–Trinajstić information content (AvgIpc) is 2.94. The van der Waals surface area contributed by atoms with Crippen molar-refractivity contribution in [3.05, 3.63) is 82.9 Å². The molecule has 0 aliphatic carbocycles. The SMILES string of the molecule is Cc1cccc(CNC(C)c2cnn(-c3cccc(F)c3)c2C)c1. The number of rotatable bonds is 5. The predicted octanol–water partition coefficient (Wildman–Crippen LogP) is 4.48. The van der Waals surface area contributed by atoms with Crippen molar-refractivity contribution in [3.63, 3.8) is 0 Å². The summed E-state index contributed by atoms with van der Waals surface area (Å²) in [4.78, 5) is 0. The molecule has 0 amide bonds. The lowest BCUT2D eigenvalue weighted by Crippen LogP contribution is -2.18. The Morgan fingerprint density at radius 3 is 2.67 bits per heavy atom. The maximum Gasteiger partial charge on any atom is 0.125 e. The van der Waals surface area contributed by atoms with Crippen LogP contribution in [0, 0.1) is 19.7 Å². The van der Waals surface area contributed by atoms with Gasteiger partial charge < -0.3 is 5.32 Å². The first-order valence-electron chi connectivity index (χ1n) is 8.14. The molecule has 1 aromatic heterocycles. The summed E-state index contributed by atoms with van der Waals surface area (Å²) in [5, 5.41) is 7.96. The van der Waals surface area contributed by atoms with Crippen LogP contribution in [-0.4, -0.2) is 9.78 Å². The van der Waals surface area contributed by atoms with Crippen molar-refractivity contribution < 1.29 is 4.39 Å². The van der Waals surface area contributed by atoms with E-state index in [0.29, 0.717) is 0 Å². The van der Waals surface area contributed by atoms with E-state index >= 15 is 0 Å². The van der Waals surface area contributed by atoms with Crippen LogP contribution in [0.15, 0.2) is 54.7 Å². The molecule has 0 aliphatic heterocycles. The molecule has 0 spiro atoms. The van der Waals surface area contributed by atoms with Crippen LogP contribution >= 0.6 is 0 Å². The van der Waals surface area contributed by atoms with Crippen LogP contribution in [0.5, 0.6) is 0 Å². The van der Waals surface area contributed by atoms with Crippen LogP contribution in [0.2, 0.25) is 0 Å². The van der Waals surface area contributed by atoms with Gasteiger partial charge in [-0.1, -0.05) is 35.9 Å². The molecule has 3 rings (SSSR count). The second-order valence-corrected chi connectivity index (χ2v) is 6.17. The number of aryl methyl sites for hydroxylation is 1. The molecule has 1 atom stereocenters. The van der Waals surface area contributed by atoms with Crippen LogP contribution in [0.1, 0.15) is 35.3 Å². The second-order valence-electron chi connectivity index (χ2n) is 6.17. The van der Waals surface area contributed by atoms with Crippen molar-refractivity contribution in [2.45, 2.75) is 33.4 Å². The first-order chi connectivity index (χ1) is 11.5. The van der Waals surface area contributed by atoms with Gasteiger partial charge in [-0.05, 0) is 44.5 Å². The molecule has 0 fully saturated rings. The Morgan fingerprint density at radius 1 is 1.12 bits per heavy atom. The third-order valence-electron chi connectivity index (χ3n) is 4.26. The van der Waals surface area contributed by atoms with Gasteiger partial charge in [0.05, 0.1) is 11.9 Å². The van der Waals surface area contributed by atoms with Crippen LogP contribution in [0.25, 0.3) is 5.69 Å².